The van der Waals surface area contributed by atoms with Crippen LogP contribution in [0.2, 0.25) is 0 Å². The third-order valence-corrected chi connectivity index (χ3v) is 3.57. The lowest BCUT2D eigenvalue weighted by Crippen LogP contribution is -2.44. The van der Waals surface area contributed by atoms with Crippen LogP contribution in [0.3, 0.4) is 0 Å². The molecular weight excluding hydrogens is 267 g/mol. The highest BCUT2D eigenvalue weighted by Gasteiger charge is 2.18. The van der Waals surface area contributed by atoms with Gasteiger partial charge in [-0.05, 0) is 31.9 Å². The topological polar surface area (TPSA) is 15.3 Å². The molecule has 0 bridgehead atoms. The summed E-state index contributed by atoms with van der Waals surface area (Å²) in [6.07, 6.45) is 0. The van der Waals surface area contributed by atoms with E-state index >= 15 is 0 Å². The second-order valence-corrected chi connectivity index (χ2v) is 4.82. The zero-order valence-electron chi connectivity index (χ0n) is 11.4. The molecule has 0 aliphatic carbocycles. The Morgan fingerprint density at radius 3 is 2.28 bits per heavy atom. The predicted octanol–water partition coefficient (Wildman–Crippen LogP) is 3.11. The van der Waals surface area contributed by atoms with E-state index in [-0.39, 0.29) is 24.8 Å². The first-order valence-corrected chi connectivity index (χ1v) is 6.20. The average molecular weight is 291 g/mol. The summed E-state index contributed by atoms with van der Waals surface area (Å²) in [7, 11) is 0. The lowest BCUT2D eigenvalue weighted by atomic mass is 9.99. The largest absolute Gasteiger partial charge is 0.314 e. The van der Waals surface area contributed by atoms with Gasteiger partial charge in [0.1, 0.15) is 0 Å². The molecule has 1 heterocycles. The highest BCUT2D eigenvalue weighted by Crippen LogP contribution is 2.24. The fourth-order valence-corrected chi connectivity index (χ4v) is 2.56. The maximum atomic E-state index is 3.40. The van der Waals surface area contributed by atoms with Crippen LogP contribution in [-0.4, -0.2) is 31.1 Å². The van der Waals surface area contributed by atoms with Gasteiger partial charge in [-0.2, -0.15) is 0 Å². The Labute approximate surface area is 123 Å². The second-order valence-electron chi connectivity index (χ2n) is 4.82. The summed E-state index contributed by atoms with van der Waals surface area (Å²) in [6.45, 7) is 11.3. The Morgan fingerprint density at radius 2 is 1.72 bits per heavy atom. The first kappa shape index (κ1) is 17.7. The predicted molar refractivity (Wildman–Crippen MR) is 83.3 cm³/mol. The van der Waals surface area contributed by atoms with E-state index in [1.54, 1.807) is 0 Å². The Morgan fingerprint density at radius 1 is 1.11 bits per heavy atom. The minimum atomic E-state index is 0. The van der Waals surface area contributed by atoms with Gasteiger partial charge in [0.2, 0.25) is 0 Å². The molecule has 1 saturated heterocycles. The van der Waals surface area contributed by atoms with E-state index < -0.39 is 0 Å². The molecule has 104 valence electrons. The van der Waals surface area contributed by atoms with Crippen molar-refractivity contribution in [2.75, 3.05) is 26.2 Å². The first-order chi connectivity index (χ1) is 7.68. The molecule has 2 nitrogen and oxygen atoms in total. The van der Waals surface area contributed by atoms with Gasteiger partial charge in [-0.15, -0.1) is 24.8 Å². The van der Waals surface area contributed by atoms with Crippen LogP contribution in [0.4, 0.5) is 0 Å². The number of aryl methyl sites for hydroxylation is 2. The van der Waals surface area contributed by atoms with E-state index in [1.807, 2.05) is 0 Å². The molecule has 2 rings (SSSR count). The summed E-state index contributed by atoms with van der Waals surface area (Å²) in [5.74, 6) is 0. The number of rotatable bonds is 2. The van der Waals surface area contributed by atoms with Crippen LogP contribution in [0.15, 0.2) is 18.2 Å². The minimum Gasteiger partial charge on any atom is -0.314 e. The minimum absolute atomic E-state index is 0. The molecule has 0 spiro atoms. The molecule has 1 N–H and O–H groups in total. The average Bonchev–Trinajstić information content (AvgIpc) is 2.29. The zero-order chi connectivity index (χ0) is 11.5. The Kier molecular flexibility index (Phi) is 7.88. The van der Waals surface area contributed by atoms with Crippen molar-refractivity contribution in [3.05, 3.63) is 34.9 Å². The van der Waals surface area contributed by atoms with Crippen molar-refractivity contribution >= 4 is 24.8 Å². The molecule has 0 saturated carbocycles. The summed E-state index contributed by atoms with van der Waals surface area (Å²) in [5.41, 5.74) is 4.26. The molecule has 1 fully saturated rings. The van der Waals surface area contributed by atoms with E-state index in [9.17, 15) is 0 Å². The lowest BCUT2D eigenvalue weighted by Gasteiger charge is -2.33. The zero-order valence-corrected chi connectivity index (χ0v) is 13.0. The van der Waals surface area contributed by atoms with Crippen LogP contribution < -0.4 is 5.32 Å². The van der Waals surface area contributed by atoms with Gasteiger partial charge >= 0.3 is 0 Å². The molecule has 4 heteroatoms. The van der Waals surface area contributed by atoms with Crippen molar-refractivity contribution < 1.29 is 0 Å². The van der Waals surface area contributed by atoms with Crippen molar-refractivity contribution in [2.45, 2.75) is 26.8 Å². The molecule has 18 heavy (non-hydrogen) atoms. The van der Waals surface area contributed by atoms with E-state index in [0.29, 0.717) is 6.04 Å². The monoisotopic (exact) mass is 290 g/mol. The smallest absolute Gasteiger partial charge is 0.0323 e. The van der Waals surface area contributed by atoms with Gasteiger partial charge in [0.15, 0.2) is 0 Å². The summed E-state index contributed by atoms with van der Waals surface area (Å²) in [4.78, 5) is 2.56. The number of benzene rings is 1. The van der Waals surface area contributed by atoms with Gasteiger partial charge in [-0.25, -0.2) is 0 Å². The van der Waals surface area contributed by atoms with Crippen LogP contribution in [0.5, 0.6) is 0 Å². The SMILES string of the molecule is Cc1ccc([C@@H](C)N2CCNCC2)c(C)c1.Cl.Cl. The van der Waals surface area contributed by atoms with Gasteiger partial charge in [0.05, 0.1) is 0 Å². The molecule has 1 aromatic rings. The molecule has 1 aliphatic heterocycles. The van der Waals surface area contributed by atoms with Crippen LogP contribution in [0.1, 0.15) is 29.7 Å². The van der Waals surface area contributed by atoms with Crippen molar-refractivity contribution in [3.63, 3.8) is 0 Å². The molecule has 0 unspecified atom stereocenters. The number of halogens is 2. The fourth-order valence-electron chi connectivity index (χ4n) is 2.56. The number of hydrogen-bond acceptors (Lipinski definition) is 2. The maximum absolute atomic E-state index is 3.40. The molecule has 1 aliphatic rings. The summed E-state index contributed by atoms with van der Waals surface area (Å²) in [6, 6.07) is 7.34. The number of nitrogens with zero attached hydrogens (tertiary/aromatic N) is 1. The number of piperazine rings is 1. The summed E-state index contributed by atoms with van der Waals surface area (Å²) < 4.78 is 0. The number of nitrogens with one attached hydrogen (secondary N) is 1. The standard InChI is InChI=1S/C14H22N2.2ClH/c1-11-4-5-14(12(2)10-11)13(3)16-8-6-15-7-9-16;;/h4-5,10,13,15H,6-9H2,1-3H3;2*1H/t13-;;/m1../s1. The normalized spacial score (nSPS) is 17.5. The molecule has 0 aromatic heterocycles. The van der Waals surface area contributed by atoms with Gasteiger partial charge in [-0.3, -0.25) is 4.90 Å². The molecule has 0 radical (unpaired) electrons. The second kappa shape index (κ2) is 8.00. The quantitative estimate of drug-likeness (QED) is 0.900. The molecule has 1 aromatic carbocycles. The van der Waals surface area contributed by atoms with Crippen LogP contribution in [0.25, 0.3) is 0 Å². The van der Waals surface area contributed by atoms with Crippen molar-refractivity contribution in [2.24, 2.45) is 0 Å². The first-order valence-electron chi connectivity index (χ1n) is 6.20. The number of hydrogen-bond donors (Lipinski definition) is 1. The van der Waals surface area contributed by atoms with E-state index in [0.717, 1.165) is 26.2 Å². The Bertz CT molecular complexity index is 363. The van der Waals surface area contributed by atoms with Crippen molar-refractivity contribution in [1.29, 1.82) is 0 Å². The highest BCUT2D eigenvalue weighted by atomic mass is 35.5. The third-order valence-electron chi connectivity index (χ3n) is 3.57. The summed E-state index contributed by atoms with van der Waals surface area (Å²) >= 11 is 0. The van der Waals surface area contributed by atoms with Crippen molar-refractivity contribution in [1.82, 2.24) is 10.2 Å². The third kappa shape index (κ3) is 4.13. The van der Waals surface area contributed by atoms with Crippen molar-refractivity contribution in [3.8, 4) is 0 Å². The molecule has 0 amide bonds. The van der Waals surface area contributed by atoms with Gasteiger partial charge in [0.25, 0.3) is 0 Å². The van der Waals surface area contributed by atoms with Crippen LogP contribution >= 0.6 is 24.8 Å². The highest BCUT2D eigenvalue weighted by molar-refractivity contribution is 5.85. The van der Waals surface area contributed by atoms with E-state index in [4.69, 9.17) is 0 Å². The van der Waals surface area contributed by atoms with Crippen LogP contribution in [0, 0.1) is 13.8 Å². The fraction of sp³-hybridized carbons (Fsp3) is 0.571. The van der Waals surface area contributed by atoms with E-state index in [2.05, 4.69) is 49.2 Å². The van der Waals surface area contributed by atoms with Crippen LogP contribution in [-0.2, 0) is 0 Å². The molecule has 1 atom stereocenters. The summed E-state index contributed by atoms with van der Waals surface area (Å²) in [5, 5.41) is 3.40. The van der Waals surface area contributed by atoms with Gasteiger partial charge in [-0.1, -0.05) is 23.8 Å². The Balaban J connectivity index is 0.00000144. The van der Waals surface area contributed by atoms with Gasteiger partial charge in [0, 0.05) is 32.2 Å². The lowest BCUT2D eigenvalue weighted by molar-refractivity contribution is 0.185. The molecular formula is C14H24Cl2N2. The Hall–Kier alpha value is -0.280. The van der Waals surface area contributed by atoms with E-state index in [1.165, 1.54) is 16.7 Å². The maximum Gasteiger partial charge on any atom is 0.0323 e. The van der Waals surface area contributed by atoms with Gasteiger partial charge < -0.3 is 5.32 Å².